The van der Waals surface area contributed by atoms with Gasteiger partial charge in [-0.05, 0) is 42.5 Å². The summed E-state index contributed by atoms with van der Waals surface area (Å²) in [6.45, 7) is 2.56. The van der Waals surface area contributed by atoms with Gasteiger partial charge in [0.2, 0.25) is 15.9 Å². The Morgan fingerprint density at radius 3 is 2.39 bits per heavy atom. The maximum absolute atomic E-state index is 12.8. The van der Waals surface area contributed by atoms with E-state index in [4.69, 9.17) is 17.3 Å². The van der Waals surface area contributed by atoms with Crippen LogP contribution in [0.15, 0.2) is 52.2 Å². The highest BCUT2D eigenvalue weighted by molar-refractivity contribution is 7.89. The number of hydrogen-bond acceptors (Lipinski definition) is 6. The van der Waals surface area contributed by atoms with Crippen molar-refractivity contribution < 1.29 is 13.2 Å². The van der Waals surface area contributed by atoms with Gasteiger partial charge in [-0.1, -0.05) is 11.6 Å². The minimum absolute atomic E-state index is 0.232. The lowest BCUT2D eigenvalue weighted by Crippen LogP contribution is -2.49. The number of amides is 1. The van der Waals surface area contributed by atoms with Crippen molar-refractivity contribution in [1.29, 1.82) is 0 Å². The van der Waals surface area contributed by atoms with Gasteiger partial charge in [0.1, 0.15) is 5.82 Å². The smallest absolute Gasteiger partial charge is 0.261 e. The van der Waals surface area contributed by atoms with Gasteiger partial charge in [-0.2, -0.15) is 4.31 Å². The first-order chi connectivity index (χ1) is 15.7. The molecule has 1 aliphatic rings. The Balaban J connectivity index is 1.42. The highest BCUT2D eigenvalue weighted by atomic mass is 35.5. The number of piperazine rings is 1. The summed E-state index contributed by atoms with van der Waals surface area (Å²) in [5, 5.41) is 0.836. The predicted octanol–water partition coefficient (Wildman–Crippen LogP) is 1.23. The van der Waals surface area contributed by atoms with Gasteiger partial charge < -0.3 is 10.6 Å². The van der Waals surface area contributed by atoms with E-state index in [1.54, 1.807) is 31.3 Å². The monoisotopic (exact) mass is 489 g/mol. The molecule has 1 fully saturated rings. The zero-order valence-electron chi connectivity index (χ0n) is 18.1. The first kappa shape index (κ1) is 23.4. The quantitative estimate of drug-likeness (QED) is 0.556. The standard InChI is InChI=1S/C22H24ClN5O4S/c1-26-20(25-19-7-2-15(21(24)29)14-18(19)22(26)30)8-9-27-10-12-28(13-11-27)33(31,32)17-5-3-16(23)4-6-17/h2-7,14H,8-13H2,1H3,(H2,24,29). The van der Waals surface area contributed by atoms with Crippen molar-refractivity contribution in [3.05, 3.63) is 69.2 Å². The fourth-order valence-electron chi connectivity index (χ4n) is 3.90. The maximum Gasteiger partial charge on any atom is 0.261 e. The van der Waals surface area contributed by atoms with E-state index >= 15 is 0 Å². The molecule has 0 atom stereocenters. The SMILES string of the molecule is Cn1c(CCN2CCN(S(=O)(=O)c3ccc(Cl)cc3)CC2)nc2ccc(C(N)=O)cc2c1=O. The van der Waals surface area contributed by atoms with Crippen LogP contribution in [-0.2, 0) is 23.5 Å². The van der Waals surface area contributed by atoms with Crippen LogP contribution in [0.4, 0.5) is 0 Å². The van der Waals surface area contributed by atoms with Crippen molar-refractivity contribution >= 4 is 38.4 Å². The molecular formula is C22H24ClN5O4S. The van der Waals surface area contributed by atoms with Crippen molar-refractivity contribution in [3.8, 4) is 0 Å². The van der Waals surface area contributed by atoms with Crippen molar-refractivity contribution in [2.45, 2.75) is 11.3 Å². The van der Waals surface area contributed by atoms with Crippen LogP contribution in [0.5, 0.6) is 0 Å². The summed E-state index contributed by atoms with van der Waals surface area (Å²) in [7, 11) is -1.91. The molecule has 174 valence electrons. The fraction of sp³-hybridized carbons (Fsp3) is 0.318. The Kier molecular flexibility index (Phi) is 6.53. The number of rotatable bonds is 6. The zero-order valence-corrected chi connectivity index (χ0v) is 19.6. The lowest BCUT2D eigenvalue weighted by molar-refractivity contribution is 0.100. The number of fused-ring (bicyclic) bond motifs is 1. The highest BCUT2D eigenvalue weighted by Gasteiger charge is 2.28. The summed E-state index contributed by atoms with van der Waals surface area (Å²) in [5.74, 6) is 0.0239. The number of carbonyl (C=O) groups excluding carboxylic acids is 1. The third-order valence-electron chi connectivity index (χ3n) is 5.89. The molecule has 3 aromatic rings. The van der Waals surface area contributed by atoms with E-state index in [9.17, 15) is 18.0 Å². The topological polar surface area (TPSA) is 119 Å². The lowest BCUT2D eigenvalue weighted by atomic mass is 10.1. The minimum atomic E-state index is -3.56. The Hall–Kier alpha value is -2.79. The normalized spacial score (nSPS) is 15.7. The molecule has 4 rings (SSSR count). The lowest BCUT2D eigenvalue weighted by Gasteiger charge is -2.34. The molecule has 0 radical (unpaired) electrons. The number of primary amides is 1. The fourth-order valence-corrected chi connectivity index (χ4v) is 5.45. The first-order valence-electron chi connectivity index (χ1n) is 10.4. The number of benzene rings is 2. The summed E-state index contributed by atoms with van der Waals surface area (Å²) < 4.78 is 28.6. The number of hydrogen-bond donors (Lipinski definition) is 1. The molecule has 33 heavy (non-hydrogen) atoms. The van der Waals surface area contributed by atoms with Gasteiger partial charge in [-0.15, -0.1) is 0 Å². The highest BCUT2D eigenvalue weighted by Crippen LogP contribution is 2.20. The Morgan fingerprint density at radius 1 is 1.09 bits per heavy atom. The Morgan fingerprint density at radius 2 is 1.76 bits per heavy atom. The Labute approximate surface area is 196 Å². The number of nitrogens with two attached hydrogens (primary N) is 1. The minimum Gasteiger partial charge on any atom is -0.366 e. The molecule has 9 nitrogen and oxygen atoms in total. The van der Waals surface area contributed by atoms with Gasteiger partial charge in [0.15, 0.2) is 0 Å². The van der Waals surface area contributed by atoms with Gasteiger partial charge in [0.25, 0.3) is 5.56 Å². The molecule has 2 aromatic carbocycles. The van der Waals surface area contributed by atoms with E-state index in [1.807, 2.05) is 0 Å². The average molecular weight is 490 g/mol. The van der Waals surface area contributed by atoms with Crippen LogP contribution in [0, 0.1) is 0 Å². The van der Waals surface area contributed by atoms with Crippen LogP contribution in [0.3, 0.4) is 0 Å². The molecule has 0 saturated carbocycles. The van der Waals surface area contributed by atoms with Gasteiger partial charge in [0.05, 0.1) is 15.8 Å². The number of sulfonamides is 1. The largest absolute Gasteiger partial charge is 0.366 e. The third kappa shape index (κ3) is 4.79. The zero-order chi connectivity index (χ0) is 23.8. The predicted molar refractivity (Wildman–Crippen MR) is 126 cm³/mol. The van der Waals surface area contributed by atoms with E-state index in [0.717, 1.165) is 0 Å². The second-order valence-electron chi connectivity index (χ2n) is 7.94. The number of carbonyl (C=O) groups is 1. The molecule has 2 heterocycles. The van der Waals surface area contributed by atoms with E-state index in [0.29, 0.717) is 60.9 Å². The molecule has 0 bridgehead atoms. The number of aromatic nitrogens is 2. The number of halogens is 1. The van der Waals surface area contributed by atoms with E-state index in [2.05, 4.69) is 9.88 Å². The van der Waals surface area contributed by atoms with Crippen LogP contribution >= 0.6 is 11.6 Å². The summed E-state index contributed by atoms with van der Waals surface area (Å²) >= 11 is 5.86. The third-order valence-corrected chi connectivity index (χ3v) is 8.05. The van der Waals surface area contributed by atoms with E-state index in [-0.39, 0.29) is 16.0 Å². The molecular weight excluding hydrogens is 466 g/mol. The summed E-state index contributed by atoms with van der Waals surface area (Å²) in [6, 6.07) is 10.8. The molecule has 0 spiro atoms. The molecule has 1 amide bonds. The summed E-state index contributed by atoms with van der Waals surface area (Å²) in [4.78, 5) is 31.1. The molecule has 1 aliphatic heterocycles. The molecule has 11 heteroatoms. The first-order valence-corrected chi connectivity index (χ1v) is 12.3. The van der Waals surface area contributed by atoms with Crippen molar-refractivity contribution in [3.63, 3.8) is 0 Å². The average Bonchev–Trinajstić information content (AvgIpc) is 2.80. The molecule has 0 aliphatic carbocycles. The summed E-state index contributed by atoms with van der Waals surface area (Å²) in [5.41, 5.74) is 5.85. The van der Waals surface area contributed by atoms with E-state index < -0.39 is 15.9 Å². The maximum atomic E-state index is 12.8. The van der Waals surface area contributed by atoms with Crippen LogP contribution in [-0.4, -0.2) is 65.8 Å². The van der Waals surface area contributed by atoms with Crippen LogP contribution in [0.2, 0.25) is 5.02 Å². The number of nitrogens with zero attached hydrogens (tertiary/aromatic N) is 4. The van der Waals surface area contributed by atoms with Gasteiger partial charge >= 0.3 is 0 Å². The molecule has 1 saturated heterocycles. The van der Waals surface area contributed by atoms with Gasteiger partial charge in [-0.3, -0.25) is 14.2 Å². The Bertz CT molecular complexity index is 1360. The van der Waals surface area contributed by atoms with Crippen LogP contribution in [0.1, 0.15) is 16.2 Å². The van der Waals surface area contributed by atoms with Crippen LogP contribution < -0.4 is 11.3 Å². The second kappa shape index (κ2) is 9.22. The molecule has 2 N–H and O–H groups in total. The summed E-state index contributed by atoms with van der Waals surface area (Å²) in [6.07, 6.45) is 0.531. The van der Waals surface area contributed by atoms with Crippen LogP contribution in [0.25, 0.3) is 10.9 Å². The van der Waals surface area contributed by atoms with Crippen molar-refractivity contribution in [2.24, 2.45) is 12.8 Å². The van der Waals surface area contributed by atoms with Crippen molar-refractivity contribution in [1.82, 2.24) is 18.8 Å². The van der Waals surface area contributed by atoms with Gasteiger partial charge in [-0.25, -0.2) is 13.4 Å². The second-order valence-corrected chi connectivity index (χ2v) is 10.3. The van der Waals surface area contributed by atoms with Crippen molar-refractivity contribution in [2.75, 3.05) is 32.7 Å². The molecule has 1 aromatic heterocycles. The van der Waals surface area contributed by atoms with Gasteiger partial charge in [0, 0.05) is 56.8 Å². The van der Waals surface area contributed by atoms with E-state index in [1.165, 1.54) is 27.1 Å². The molecule has 0 unspecified atom stereocenters.